The lowest BCUT2D eigenvalue weighted by Crippen LogP contribution is -2.24. The Morgan fingerprint density at radius 3 is 2.46 bits per heavy atom. The van der Waals surface area contributed by atoms with Gasteiger partial charge in [0.25, 0.3) is 0 Å². The number of benzene rings is 3. The van der Waals surface area contributed by atoms with Crippen LogP contribution in [-0.4, -0.2) is 26.0 Å². The van der Waals surface area contributed by atoms with E-state index >= 15 is 0 Å². The molecule has 0 atom stereocenters. The Morgan fingerprint density at radius 2 is 1.77 bits per heavy atom. The number of anilines is 1. The zero-order valence-corrected chi connectivity index (χ0v) is 20.6. The van der Waals surface area contributed by atoms with Crippen LogP contribution in [0, 0.1) is 6.92 Å². The molecule has 0 radical (unpaired) electrons. The summed E-state index contributed by atoms with van der Waals surface area (Å²) >= 11 is 0. The largest absolute Gasteiger partial charge is 0.497 e. The molecular formula is C27H26N2O5S. The lowest BCUT2D eigenvalue weighted by Gasteiger charge is -2.15. The number of rotatable bonds is 7. The minimum atomic E-state index is -4.11. The van der Waals surface area contributed by atoms with Crippen molar-refractivity contribution >= 4 is 32.3 Å². The number of sulfone groups is 1. The van der Waals surface area contributed by atoms with Crippen LogP contribution in [0.15, 0.2) is 87.5 Å². The molecule has 0 aliphatic carbocycles. The van der Waals surface area contributed by atoms with Gasteiger partial charge in [-0.1, -0.05) is 36.8 Å². The second-order valence-electron chi connectivity index (χ2n) is 8.25. The van der Waals surface area contributed by atoms with Gasteiger partial charge in [-0.2, -0.15) is 0 Å². The maximum absolute atomic E-state index is 13.5. The predicted molar refractivity (Wildman–Crippen MR) is 136 cm³/mol. The lowest BCUT2D eigenvalue weighted by molar-refractivity contribution is -0.116. The zero-order valence-electron chi connectivity index (χ0n) is 19.7. The van der Waals surface area contributed by atoms with Gasteiger partial charge < -0.3 is 14.6 Å². The molecule has 35 heavy (non-hydrogen) atoms. The second-order valence-corrected chi connectivity index (χ2v) is 10.2. The monoisotopic (exact) mass is 490 g/mol. The first kappa shape index (κ1) is 24.2. The molecular weight excluding hydrogens is 464 g/mol. The predicted octanol–water partition coefficient (Wildman–Crippen LogP) is 4.35. The minimum absolute atomic E-state index is 0.0335. The molecule has 1 aromatic heterocycles. The van der Waals surface area contributed by atoms with E-state index in [0.717, 1.165) is 17.5 Å². The number of fused-ring (bicyclic) bond motifs is 1. The van der Waals surface area contributed by atoms with Crippen molar-refractivity contribution in [2.75, 3.05) is 12.4 Å². The van der Waals surface area contributed by atoms with Gasteiger partial charge in [0.15, 0.2) is 0 Å². The van der Waals surface area contributed by atoms with Crippen molar-refractivity contribution in [3.05, 3.63) is 94.3 Å². The van der Waals surface area contributed by atoms with Crippen LogP contribution >= 0.6 is 0 Å². The quantitative estimate of drug-likeness (QED) is 0.416. The number of ether oxygens (including phenoxy) is 1. The number of methoxy groups -OCH3 is 1. The van der Waals surface area contributed by atoms with E-state index in [1.807, 2.05) is 19.9 Å². The van der Waals surface area contributed by atoms with E-state index in [1.54, 1.807) is 48.5 Å². The summed E-state index contributed by atoms with van der Waals surface area (Å²) < 4.78 is 33.6. The van der Waals surface area contributed by atoms with E-state index in [4.69, 9.17) is 4.74 Å². The standard InChI is InChI=1S/C27H26N2O5S/c1-4-19-9-11-22(12-10-19)35(32,33)25-16-29(24-13-8-18(2)14-23(24)27(25)31)17-26(30)28-20-6-5-7-21(15-20)34-3/h5-16H,4,17H2,1-3H3,(H,28,30). The maximum atomic E-state index is 13.5. The molecule has 0 aliphatic rings. The molecule has 0 bridgehead atoms. The van der Waals surface area contributed by atoms with Gasteiger partial charge in [0.2, 0.25) is 21.2 Å². The van der Waals surface area contributed by atoms with Gasteiger partial charge in [0.05, 0.1) is 17.5 Å². The Labute approximate surface area is 203 Å². The van der Waals surface area contributed by atoms with Crippen molar-refractivity contribution in [3.63, 3.8) is 0 Å². The van der Waals surface area contributed by atoms with Crippen LogP contribution in [0.4, 0.5) is 5.69 Å². The first-order chi connectivity index (χ1) is 16.7. The number of pyridine rings is 1. The maximum Gasteiger partial charge on any atom is 0.244 e. The fourth-order valence-corrected chi connectivity index (χ4v) is 5.26. The number of nitrogens with zero attached hydrogens (tertiary/aromatic N) is 1. The van der Waals surface area contributed by atoms with Crippen LogP contribution < -0.4 is 15.5 Å². The number of aromatic nitrogens is 1. The summed E-state index contributed by atoms with van der Waals surface area (Å²) in [4.78, 5) is 25.9. The summed E-state index contributed by atoms with van der Waals surface area (Å²) in [7, 11) is -2.57. The van der Waals surface area contributed by atoms with E-state index in [2.05, 4.69) is 5.32 Å². The molecule has 180 valence electrons. The zero-order chi connectivity index (χ0) is 25.2. The van der Waals surface area contributed by atoms with Crippen molar-refractivity contribution in [2.24, 2.45) is 0 Å². The van der Waals surface area contributed by atoms with Crippen LogP contribution in [0.1, 0.15) is 18.1 Å². The van der Waals surface area contributed by atoms with Crippen molar-refractivity contribution < 1.29 is 17.9 Å². The summed E-state index contributed by atoms with van der Waals surface area (Å²) in [6.45, 7) is 3.61. The molecule has 8 heteroatoms. The van der Waals surface area contributed by atoms with Gasteiger partial charge in [-0.15, -0.1) is 0 Å². The van der Waals surface area contributed by atoms with Gasteiger partial charge in [-0.25, -0.2) is 8.42 Å². The molecule has 1 N–H and O–H groups in total. The highest BCUT2D eigenvalue weighted by Crippen LogP contribution is 2.23. The molecule has 4 aromatic rings. The number of carbonyl (C=O) groups is 1. The van der Waals surface area contributed by atoms with Crippen LogP contribution in [-0.2, 0) is 27.6 Å². The highest BCUT2D eigenvalue weighted by atomic mass is 32.2. The molecule has 0 unspecified atom stereocenters. The summed E-state index contributed by atoms with van der Waals surface area (Å²) in [6.07, 6.45) is 2.03. The van der Waals surface area contributed by atoms with Gasteiger partial charge >= 0.3 is 0 Å². The minimum Gasteiger partial charge on any atom is -0.497 e. The fraction of sp³-hybridized carbons (Fsp3) is 0.185. The topological polar surface area (TPSA) is 94.5 Å². The number of amides is 1. The molecule has 4 rings (SSSR count). The summed E-state index contributed by atoms with van der Waals surface area (Å²) in [5, 5.41) is 3.03. The van der Waals surface area contributed by atoms with Crippen LogP contribution in [0.5, 0.6) is 5.75 Å². The molecule has 0 aliphatic heterocycles. The Morgan fingerprint density at radius 1 is 1.03 bits per heavy atom. The van der Waals surface area contributed by atoms with Crippen LogP contribution in [0.3, 0.4) is 0 Å². The van der Waals surface area contributed by atoms with Crippen LogP contribution in [0.2, 0.25) is 0 Å². The average molecular weight is 491 g/mol. The van der Waals surface area contributed by atoms with Gasteiger partial charge in [0.1, 0.15) is 17.2 Å². The third kappa shape index (κ3) is 4.97. The van der Waals surface area contributed by atoms with E-state index < -0.39 is 15.3 Å². The van der Waals surface area contributed by atoms with E-state index in [0.29, 0.717) is 17.0 Å². The van der Waals surface area contributed by atoms with E-state index in [9.17, 15) is 18.0 Å². The second kappa shape index (κ2) is 9.76. The van der Waals surface area contributed by atoms with Gasteiger partial charge in [-0.05, 0) is 55.3 Å². The Hall–Kier alpha value is -3.91. The van der Waals surface area contributed by atoms with Crippen LogP contribution in [0.25, 0.3) is 10.9 Å². The number of hydrogen-bond acceptors (Lipinski definition) is 5. The average Bonchev–Trinajstić information content (AvgIpc) is 2.85. The first-order valence-corrected chi connectivity index (χ1v) is 12.6. The highest BCUT2D eigenvalue weighted by Gasteiger charge is 2.24. The highest BCUT2D eigenvalue weighted by molar-refractivity contribution is 7.91. The molecule has 0 spiro atoms. The summed E-state index contributed by atoms with van der Waals surface area (Å²) in [5.41, 5.74) is 2.22. The number of hydrogen-bond donors (Lipinski definition) is 1. The Kier molecular flexibility index (Phi) is 6.75. The molecule has 0 saturated carbocycles. The van der Waals surface area contributed by atoms with Gasteiger partial charge in [0, 0.05) is 23.3 Å². The van der Waals surface area contributed by atoms with E-state index in [-0.39, 0.29) is 27.6 Å². The SMILES string of the molecule is CCc1ccc(S(=O)(=O)c2cn(CC(=O)Nc3cccc(OC)c3)c3ccc(C)cc3c2=O)cc1. The van der Waals surface area contributed by atoms with Gasteiger partial charge in [-0.3, -0.25) is 9.59 Å². The van der Waals surface area contributed by atoms with E-state index in [1.165, 1.54) is 30.0 Å². The fourth-order valence-electron chi connectivity index (χ4n) is 3.89. The Bertz CT molecular complexity index is 1570. The summed E-state index contributed by atoms with van der Waals surface area (Å²) in [5.74, 6) is 0.217. The van der Waals surface area contributed by atoms with Crippen molar-refractivity contribution in [1.29, 1.82) is 0 Å². The number of aryl methyl sites for hydroxylation is 2. The third-order valence-corrected chi connectivity index (χ3v) is 7.56. The molecule has 7 nitrogen and oxygen atoms in total. The normalized spacial score (nSPS) is 11.4. The molecule has 0 fully saturated rings. The first-order valence-electron chi connectivity index (χ1n) is 11.1. The molecule has 1 amide bonds. The van der Waals surface area contributed by atoms with Crippen molar-refractivity contribution in [2.45, 2.75) is 36.6 Å². The molecule has 0 saturated heterocycles. The molecule has 3 aromatic carbocycles. The summed E-state index contributed by atoms with van der Waals surface area (Å²) in [6, 6.07) is 18.6. The smallest absolute Gasteiger partial charge is 0.244 e. The molecule has 1 heterocycles. The lowest BCUT2D eigenvalue weighted by atomic mass is 10.1. The number of nitrogens with one attached hydrogen (secondary N) is 1. The van der Waals surface area contributed by atoms with Crippen molar-refractivity contribution in [1.82, 2.24) is 4.57 Å². The number of carbonyl (C=O) groups excluding carboxylic acids is 1. The Balaban J connectivity index is 1.79. The third-order valence-electron chi connectivity index (χ3n) is 5.80. The van der Waals surface area contributed by atoms with Crippen molar-refractivity contribution in [3.8, 4) is 5.75 Å².